The van der Waals surface area contributed by atoms with E-state index in [9.17, 15) is 27.6 Å². The minimum Gasteiger partial charge on any atom is -0.462 e. The Kier molecular flexibility index (Phi) is 5.60. The standard InChI is InChI=1S/C18H21N3O7S/c1-2-28-15(23)12-3-5-13(6-4-12)19-14(22)11-21-16(24)18(20-17(21)25)7-9-29(26,27)10-8-18/h3-6H,2,7-11H2,1H3,(H,19,22)(H,20,25). The normalized spacial score (nSPS) is 19.7. The fraction of sp³-hybridized carbons (Fsp3) is 0.444. The molecule has 10 nitrogen and oxygen atoms in total. The number of carbonyl (C=O) groups is 4. The van der Waals surface area contributed by atoms with E-state index in [1.54, 1.807) is 6.92 Å². The lowest BCUT2D eigenvalue weighted by molar-refractivity contribution is -0.134. The molecule has 29 heavy (non-hydrogen) atoms. The lowest BCUT2D eigenvalue weighted by atomic mass is 9.92. The van der Waals surface area contributed by atoms with Crippen molar-refractivity contribution >= 4 is 39.3 Å². The van der Waals surface area contributed by atoms with E-state index in [0.29, 0.717) is 11.3 Å². The zero-order chi connectivity index (χ0) is 21.2. The molecule has 2 N–H and O–H groups in total. The number of anilines is 1. The van der Waals surface area contributed by atoms with E-state index in [1.165, 1.54) is 24.3 Å². The van der Waals surface area contributed by atoms with E-state index >= 15 is 0 Å². The lowest BCUT2D eigenvalue weighted by Gasteiger charge is -2.30. The van der Waals surface area contributed by atoms with Gasteiger partial charge in [0.15, 0.2) is 9.84 Å². The van der Waals surface area contributed by atoms with E-state index in [1.807, 2.05) is 0 Å². The number of urea groups is 1. The number of sulfone groups is 1. The Morgan fingerprint density at radius 1 is 1.17 bits per heavy atom. The molecule has 2 aliphatic heterocycles. The van der Waals surface area contributed by atoms with Crippen LogP contribution in [-0.4, -0.2) is 67.3 Å². The van der Waals surface area contributed by atoms with Crippen LogP contribution in [0, 0.1) is 0 Å². The van der Waals surface area contributed by atoms with Crippen LogP contribution in [0.3, 0.4) is 0 Å². The minimum absolute atomic E-state index is 0.00660. The molecule has 2 fully saturated rings. The molecule has 0 saturated carbocycles. The van der Waals surface area contributed by atoms with Crippen molar-refractivity contribution in [3.63, 3.8) is 0 Å². The SMILES string of the molecule is CCOC(=O)c1ccc(NC(=O)CN2C(=O)NC3(CCS(=O)(=O)CC3)C2=O)cc1. The van der Waals surface area contributed by atoms with Crippen LogP contribution in [0.1, 0.15) is 30.1 Å². The molecule has 2 heterocycles. The Balaban J connectivity index is 1.61. The number of hydrogen-bond donors (Lipinski definition) is 2. The number of nitrogens with zero attached hydrogens (tertiary/aromatic N) is 1. The molecule has 0 aliphatic carbocycles. The molecule has 1 spiro atoms. The van der Waals surface area contributed by atoms with Crippen molar-refractivity contribution in [1.82, 2.24) is 10.2 Å². The first-order valence-electron chi connectivity index (χ1n) is 9.07. The number of esters is 1. The van der Waals surface area contributed by atoms with Crippen molar-refractivity contribution in [3.05, 3.63) is 29.8 Å². The minimum atomic E-state index is -3.22. The van der Waals surface area contributed by atoms with Gasteiger partial charge in [0.05, 0.1) is 23.7 Å². The summed E-state index contributed by atoms with van der Waals surface area (Å²) in [5, 5.41) is 5.10. The maximum atomic E-state index is 12.7. The second-order valence-electron chi connectivity index (χ2n) is 6.90. The molecule has 0 bridgehead atoms. The van der Waals surface area contributed by atoms with Gasteiger partial charge in [-0.25, -0.2) is 18.0 Å². The fourth-order valence-electron chi connectivity index (χ4n) is 3.29. The van der Waals surface area contributed by atoms with Crippen molar-refractivity contribution < 1.29 is 32.3 Å². The molecular formula is C18H21N3O7S. The summed E-state index contributed by atoms with van der Waals surface area (Å²) in [6, 6.07) is 5.26. The third-order valence-corrected chi connectivity index (χ3v) is 6.56. The molecule has 156 valence electrons. The van der Waals surface area contributed by atoms with Crippen LogP contribution in [0.25, 0.3) is 0 Å². The molecule has 1 aromatic rings. The van der Waals surface area contributed by atoms with Gasteiger partial charge in [-0.3, -0.25) is 14.5 Å². The van der Waals surface area contributed by atoms with Gasteiger partial charge in [0.2, 0.25) is 5.91 Å². The summed E-state index contributed by atoms with van der Waals surface area (Å²) in [4.78, 5) is 49.6. The maximum Gasteiger partial charge on any atom is 0.338 e. The molecule has 0 atom stereocenters. The molecule has 0 radical (unpaired) electrons. The average Bonchev–Trinajstić information content (AvgIpc) is 2.89. The number of benzene rings is 1. The molecule has 0 aromatic heterocycles. The third kappa shape index (κ3) is 4.39. The summed E-state index contributed by atoms with van der Waals surface area (Å²) in [6.45, 7) is 1.44. The zero-order valence-electron chi connectivity index (χ0n) is 15.8. The summed E-state index contributed by atoms with van der Waals surface area (Å²) in [5.41, 5.74) is -0.550. The Labute approximate surface area is 167 Å². The van der Waals surface area contributed by atoms with Gasteiger partial charge >= 0.3 is 12.0 Å². The van der Waals surface area contributed by atoms with Crippen molar-refractivity contribution in [1.29, 1.82) is 0 Å². The Morgan fingerprint density at radius 3 is 2.38 bits per heavy atom. The van der Waals surface area contributed by atoms with Crippen molar-refractivity contribution in [3.8, 4) is 0 Å². The topological polar surface area (TPSA) is 139 Å². The fourth-order valence-corrected chi connectivity index (χ4v) is 4.82. The number of hydrogen-bond acceptors (Lipinski definition) is 7. The summed E-state index contributed by atoms with van der Waals surface area (Å²) in [5.74, 6) is -2.05. The predicted molar refractivity (Wildman–Crippen MR) is 102 cm³/mol. The lowest BCUT2D eigenvalue weighted by Crippen LogP contribution is -2.52. The summed E-state index contributed by atoms with van der Waals surface area (Å²) in [6.07, 6.45) is -0.0132. The third-order valence-electron chi connectivity index (χ3n) is 4.91. The van der Waals surface area contributed by atoms with E-state index in [-0.39, 0.29) is 31.0 Å². The van der Waals surface area contributed by atoms with Crippen LogP contribution < -0.4 is 10.6 Å². The van der Waals surface area contributed by atoms with Crippen LogP contribution in [-0.2, 0) is 24.2 Å². The quantitative estimate of drug-likeness (QED) is 0.513. The number of carbonyl (C=O) groups excluding carboxylic acids is 4. The number of imide groups is 1. The summed E-state index contributed by atoms with van der Waals surface area (Å²) >= 11 is 0. The molecule has 1 aromatic carbocycles. The van der Waals surface area contributed by atoms with E-state index in [4.69, 9.17) is 4.74 Å². The number of rotatable bonds is 5. The van der Waals surface area contributed by atoms with Gasteiger partial charge in [-0.05, 0) is 44.0 Å². The Morgan fingerprint density at radius 2 is 1.79 bits per heavy atom. The molecule has 0 unspecified atom stereocenters. The van der Waals surface area contributed by atoms with Crippen LogP contribution >= 0.6 is 0 Å². The van der Waals surface area contributed by atoms with Crippen molar-refractivity contribution in [2.24, 2.45) is 0 Å². The van der Waals surface area contributed by atoms with E-state index < -0.39 is 45.7 Å². The van der Waals surface area contributed by atoms with Crippen LogP contribution in [0.2, 0.25) is 0 Å². The van der Waals surface area contributed by atoms with Gasteiger partial charge in [-0.1, -0.05) is 0 Å². The maximum absolute atomic E-state index is 12.7. The zero-order valence-corrected chi connectivity index (χ0v) is 16.6. The number of nitrogens with one attached hydrogen (secondary N) is 2. The summed E-state index contributed by atoms with van der Waals surface area (Å²) in [7, 11) is -3.22. The van der Waals surface area contributed by atoms with Gasteiger partial charge < -0.3 is 15.4 Å². The predicted octanol–water partition coefficient (Wildman–Crippen LogP) is 0.301. The van der Waals surface area contributed by atoms with E-state index in [2.05, 4.69) is 10.6 Å². The molecule has 3 rings (SSSR count). The highest BCUT2D eigenvalue weighted by atomic mass is 32.2. The Hall–Kier alpha value is -2.95. The van der Waals surface area contributed by atoms with Crippen LogP contribution in [0.4, 0.5) is 10.5 Å². The Bertz CT molecular complexity index is 942. The first kappa shape index (κ1) is 20.8. The van der Waals surface area contributed by atoms with Gasteiger partial charge in [0.25, 0.3) is 5.91 Å². The second kappa shape index (κ2) is 7.82. The van der Waals surface area contributed by atoms with Crippen molar-refractivity contribution in [2.45, 2.75) is 25.3 Å². The average molecular weight is 423 g/mol. The highest BCUT2D eigenvalue weighted by molar-refractivity contribution is 7.91. The molecular weight excluding hydrogens is 402 g/mol. The first-order valence-corrected chi connectivity index (χ1v) is 10.9. The summed E-state index contributed by atoms with van der Waals surface area (Å²) < 4.78 is 28.1. The highest BCUT2D eigenvalue weighted by Crippen LogP contribution is 2.30. The van der Waals surface area contributed by atoms with Gasteiger partial charge in [-0.2, -0.15) is 0 Å². The van der Waals surface area contributed by atoms with Crippen molar-refractivity contribution in [2.75, 3.05) is 30.0 Å². The van der Waals surface area contributed by atoms with Crippen LogP contribution in [0.15, 0.2) is 24.3 Å². The largest absolute Gasteiger partial charge is 0.462 e. The number of amides is 4. The first-order chi connectivity index (χ1) is 13.7. The molecule has 4 amide bonds. The van der Waals surface area contributed by atoms with E-state index in [0.717, 1.165) is 4.90 Å². The van der Waals surface area contributed by atoms with Crippen LogP contribution in [0.5, 0.6) is 0 Å². The van der Waals surface area contributed by atoms with Gasteiger partial charge in [-0.15, -0.1) is 0 Å². The smallest absolute Gasteiger partial charge is 0.338 e. The second-order valence-corrected chi connectivity index (χ2v) is 9.21. The van der Waals surface area contributed by atoms with Gasteiger partial charge in [0.1, 0.15) is 12.1 Å². The molecule has 2 saturated heterocycles. The molecule has 11 heteroatoms. The highest BCUT2D eigenvalue weighted by Gasteiger charge is 2.53. The molecule has 2 aliphatic rings. The monoisotopic (exact) mass is 423 g/mol. The number of ether oxygens (including phenoxy) is 1. The van der Waals surface area contributed by atoms with Gasteiger partial charge in [0, 0.05) is 5.69 Å².